The molecule has 0 spiro atoms. The zero-order valence-electron chi connectivity index (χ0n) is 10.2. The summed E-state index contributed by atoms with van der Waals surface area (Å²) in [5, 5.41) is 8.02. The molecule has 0 atom stereocenters. The van der Waals surface area contributed by atoms with Crippen LogP contribution in [-0.4, -0.2) is 15.1 Å². The van der Waals surface area contributed by atoms with Gasteiger partial charge < -0.3 is 9.84 Å². The molecule has 6 heteroatoms. The van der Waals surface area contributed by atoms with E-state index in [0.29, 0.717) is 12.3 Å². The molecule has 1 aromatic carbocycles. The molecule has 0 unspecified atom stereocenters. The van der Waals surface area contributed by atoms with Crippen molar-refractivity contribution in [3.63, 3.8) is 0 Å². The fraction of sp³-hybridized carbons (Fsp3) is 0.154. The highest BCUT2D eigenvalue weighted by molar-refractivity contribution is 9.10. The van der Waals surface area contributed by atoms with Crippen molar-refractivity contribution in [3.05, 3.63) is 46.3 Å². The maximum Gasteiger partial charge on any atom is 0.263 e. The Morgan fingerprint density at radius 2 is 2.00 bits per heavy atom. The minimum atomic E-state index is 0.505. The number of aromatic nitrogens is 3. The van der Waals surface area contributed by atoms with Crippen molar-refractivity contribution in [2.45, 2.75) is 13.5 Å². The summed E-state index contributed by atoms with van der Waals surface area (Å²) >= 11 is 3.42. The second kappa shape index (κ2) is 4.97. The van der Waals surface area contributed by atoms with Gasteiger partial charge >= 0.3 is 0 Å². The molecule has 0 aliphatic carbocycles. The van der Waals surface area contributed by atoms with Crippen molar-refractivity contribution >= 4 is 32.8 Å². The summed E-state index contributed by atoms with van der Waals surface area (Å²) in [7, 11) is 0. The van der Waals surface area contributed by atoms with E-state index in [1.54, 1.807) is 0 Å². The van der Waals surface area contributed by atoms with Crippen LogP contribution in [0.2, 0.25) is 0 Å². The summed E-state index contributed by atoms with van der Waals surface area (Å²) in [5.41, 5.74) is 2.46. The van der Waals surface area contributed by atoms with Gasteiger partial charge in [-0.15, -0.1) is 0 Å². The number of hydrogen-bond acceptors (Lipinski definition) is 5. The van der Waals surface area contributed by atoms with Gasteiger partial charge in [-0.05, 0) is 24.6 Å². The first-order chi connectivity index (χ1) is 9.24. The van der Waals surface area contributed by atoms with Crippen molar-refractivity contribution < 1.29 is 4.52 Å². The van der Waals surface area contributed by atoms with Crippen LogP contribution < -0.4 is 5.32 Å². The Hall–Kier alpha value is -1.95. The van der Waals surface area contributed by atoms with Crippen molar-refractivity contribution in [2.24, 2.45) is 0 Å². The van der Waals surface area contributed by atoms with Crippen molar-refractivity contribution in [2.75, 3.05) is 5.32 Å². The van der Waals surface area contributed by atoms with Crippen LogP contribution in [0, 0.1) is 6.92 Å². The van der Waals surface area contributed by atoms with E-state index in [9.17, 15) is 0 Å². The van der Waals surface area contributed by atoms with Gasteiger partial charge in [0.1, 0.15) is 17.5 Å². The molecule has 0 radical (unpaired) electrons. The molecule has 0 saturated carbocycles. The molecular formula is C13H11BrN4O. The summed E-state index contributed by atoms with van der Waals surface area (Å²) < 4.78 is 6.18. The number of nitrogens with one attached hydrogen (secondary N) is 1. The number of fused-ring (bicyclic) bond motifs is 1. The zero-order chi connectivity index (χ0) is 13.2. The molecule has 0 saturated heterocycles. The molecule has 0 aliphatic heterocycles. The van der Waals surface area contributed by atoms with Gasteiger partial charge in [0.2, 0.25) is 0 Å². The average Bonchev–Trinajstić information content (AvgIpc) is 2.81. The van der Waals surface area contributed by atoms with Gasteiger partial charge in [-0.25, -0.2) is 4.98 Å². The van der Waals surface area contributed by atoms with Crippen LogP contribution in [0.1, 0.15) is 11.3 Å². The van der Waals surface area contributed by atoms with E-state index in [1.165, 1.54) is 11.9 Å². The quantitative estimate of drug-likeness (QED) is 0.802. The SMILES string of the molecule is Cc1noc2ncnc(NCc3ccc(Br)cc3)c12. The minimum Gasteiger partial charge on any atom is -0.365 e. The zero-order valence-corrected chi connectivity index (χ0v) is 11.8. The van der Waals surface area contributed by atoms with E-state index in [1.807, 2.05) is 19.1 Å². The van der Waals surface area contributed by atoms with Crippen LogP contribution in [0.5, 0.6) is 0 Å². The molecule has 0 aliphatic rings. The van der Waals surface area contributed by atoms with E-state index in [0.717, 1.165) is 21.4 Å². The molecule has 2 aromatic heterocycles. The Morgan fingerprint density at radius 1 is 1.21 bits per heavy atom. The number of anilines is 1. The van der Waals surface area contributed by atoms with E-state index in [-0.39, 0.29) is 0 Å². The molecule has 0 amide bonds. The van der Waals surface area contributed by atoms with Gasteiger partial charge in [0.05, 0.1) is 5.69 Å². The average molecular weight is 319 g/mol. The lowest BCUT2D eigenvalue weighted by Crippen LogP contribution is -2.02. The standard InChI is InChI=1S/C13H11BrN4O/c1-8-11-12(16-7-17-13(11)19-18-8)15-6-9-2-4-10(14)5-3-9/h2-5,7H,6H2,1H3,(H,15,16,17). The highest BCUT2D eigenvalue weighted by atomic mass is 79.9. The fourth-order valence-corrected chi connectivity index (χ4v) is 2.11. The smallest absolute Gasteiger partial charge is 0.263 e. The monoisotopic (exact) mass is 318 g/mol. The van der Waals surface area contributed by atoms with E-state index < -0.39 is 0 Å². The maximum atomic E-state index is 5.11. The summed E-state index contributed by atoms with van der Waals surface area (Å²) in [4.78, 5) is 8.28. The molecule has 96 valence electrons. The topological polar surface area (TPSA) is 63.8 Å². The Morgan fingerprint density at radius 3 is 2.79 bits per heavy atom. The van der Waals surface area contributed by atoms with Crippen LogP contribution in [0.25, 0.3) is 11.1 Å². The molecule has 3 rings (SSSR count). The van der Waals surface area contributed by atoms with Crippen molar-refractivity contribution in [1.82, 2.24) is 15.1 Å². The molecular weight excluding hydrogens is 308 g/mol. The van der Waals surface area contributed by atoms with E-state index >= 15 is 0 Å². The number of hydrogen-bond donors (Lipinski definition) is 1. The molecule has 1 N–H and O–H groups in total. The van der Waals surface area contributed by atoms with E-state index in [4.69, 9.17) is 4.52 Å². The highest BCUT2D eigenvalue weighted by Gasteiger charge is 2.11. The number of rotatable bonds is 3. The van der Waals surface area contributed by atoms with Crippen molar-refractivity contribution in [1.29, 1.82) is 0 Å². The summed E-state index contributed by atoms with van der Waals surface area (Å²) in [5.74, 6) is 0.742. The normalized spacial score (nSPS) is 10.8. The minimum absolute atomic E-state index is 0.505. The first-order valence-electron chi connectivity index (χ1n) is 5.79. The third-order valence-electron chi connectivity index (χ3n) is 2.82. The molecule has 19 heavy (non-hydrogen) atoms. The summed E-state index contributed by atoms with van der Waals surface area (Å²) in [6.07, 6.45) is 1.47. The number of halogens is 1. The summed E-state index contributed by atoms with van der Waals surface area (Å²) in [6, 6.07) is 8.13. The summed E-state index contributed by atoms with van der Waals surface area (Å²) in [6.45, 7) is 2.56. The molecule has 0 bridgehead atoms. The lowest BCUT2D eigenvalue weighted by Gasteiger charge is -2.06. The van der Waals surface area contributed by atoms with Gasteiger partial charge in [-0.1, -0.05) is 33.2 Å². The van der Waals surface area contributed by atoms with Crippen LogP contribution in [0.4, 0.5) is 5.82 Å². The number of aryl methyl sites for hydroxylation is 1. The largest absolute Gasteiger partial charge is 0.365 e. The van der Waals surface area contributed by atoms with Gasteiger partial charge in [0, 0.05) is 11.0 Å². The van der Waals surface area contributed by atoms with Crippen LogP contribution >= 0.6 is 15.9 Å². The van der Waals surface area contributed by atoms with Gasteiger partial charge in [0.15, 0.2) is 0 Å². The van der Waals surface area contributed by atoms with Gasteiger partial charge in [-0.3, -0.25) is 0 Å². The number of nitrogens with zero attached hydrogens (tertiary/aromatic N) is 3. The predicted molar refractivity (Wildman–Crippen MR) is 75.8 cm³/mol. The fourth-order valence-electron chi connectivity index (χ4n) is 1.84. The lowest BCUT2D eigenvalue weighted by molar-refractivity contribution is 0.442. The first kappa shape index (κ1) is 12.1. The third-order valence-corrected chi connectivity index (χ3v) is 3.35. The second-order valence-electron chi connectivity index (χ2n) is 4.15. The lowest BCUT2D eigenvalue weighted by atomic mass is 10.2. The predicted octanol–water partition coefficient (Wildman–Crippen LogP) is 3.30. The Labute approximate surface area is 118 Å². The Bertz CT molecular complexity index is 708. The Kier molecular flexibility index (Phi) is 3.16. The Balaban J connectivity index is 1.85. The molecule has 0 fully saturated rings. The highest BCUT2D eigenvalue weighted by Crippen LogP contribution is 2.22. The first-order valence-corrected chi connectivity index (χ1v) is 6.58. The van der Waals surface area contributed by atoms with E-state index in [2.05, 4.69) is 48.5 Å². The molecule has 2 heterocycles. The molecule has 3 aromatic rings. The third kappa shape index (κ3) is 2.44. The van der Waals surface area contributed by atoms with Crippen LogP contribution in [-0.2, 0) is 6.54 Å². The van der Waals surface area contributed by atoms with Gasteiger partial charge in [0.25, 0.3) is 5.71 Å². The molecule has 5 nitrogen and oxygen atoms in total. The second-order valence-corrected chi connectivity index (χ2v) is 5.07. The van der Waals surface area contributed by atoms with Gasteiger partial charge in [-0.2, -0.15) is 4.98 Å². The maximum absolute atomic E-state index is 5.11. The van der Waals surface area contributed by atoms with Crippen LogP contribution in [0.3, 0.4) is 0 Å². The number of benzene rings is 1. The van der Waals surface area contributed by atoms with Crippen LogP contribution in [0.15, 0.2) is 39.6 Å². The van der Waals surface area contributed by atoms with Crippen molar-refractivity contribution in [3.8, 4) is 0 Å².